The molecule has 0 bridgehead atoms. The quantitative estimate of drug-likeness (QED) is 0.631. The third kappa shape index (κ3) is 2.42. The highest BCUT2D eigenvalue weighted by Crippen LogP contribution is 2.13. The summed E-state index contributed by atoms with van der Waals surface area (Å²) in [6.45, 7) is 3.42. The molecule has 76 valence electrons. The SMILES string of the molecule is C[C@H](N)C(=O)N1CC[C@H](N(C)C)C1. The zero-order valence-corrected chi connectivity index (χ0v) is 8.66. The lowest BCUT2D eigenvalue weighted by Crippen LogP contribution is -2.42. The van der Waals surface area contributed by atoms with Gasteiger partial charge in [-0.3, -0.25) is 4.79 Å². The van der Waals surface area contributed by atoms with Gasteiger partial charge in [0.25, 0.3) is 0 Å². The molecule has 4 nitrogen and oxygen atoms in total. The van der Waals surface area contributed by atoms with Gasteiger partial charge in [-0.15, -0.1) is 0 Å². The van der Waals surface area contributed by atoms with Crippen molar-refractivity contribution in [1.29, 1.82) is 0 Å². The van der Waals surface area contributed by atoms with Gasteiger partial charge < -0.3 is 15.5 Å². The maximum atomic E-state index is 11.5. The van der Waals surface area contributed by atoms with E-state index in [0.717, 1.165) is 19.5 Å². The van der Waals surface area contributed by atoms with Crippen LogP contribution in [0.2, 0.25) is 0 Å². The summed E-state index contributed by atoms with van der Waals surface area (Å²) in [6.07, 6.45) is 1.06. The van der Waals surface area contributed by atoms with Gasteiger partial charge in [0.05, 0.1) is 6.04 Å². The van der Waals surface area contributed by atoms with Crippen molar-refractivity contribution in [3.63, 3.8) is 0 Å². The summed E-state index contributed by atoms with van der Waals surface area (Å²) in [5.41, 5.74) is 5.53. The number of likely N-dealkylation sites (N-methyl/N-ethyl adjacent to an activating group) is 1. The van der Waals surface area contributed by atoms with Gasteiger partial charge in [-0.25, -0.2) is 0 Å². The number of nitrogens with zero attached hydrogens (tertiary/aromatic N) is 2. The van der Waals surface area contributed by atoms with Gasteiger partial charge in [0.1, 0.15) is 0 Å². The molecule has 13 heavy (non-hydrogen) atoms. The molecule has 2 N–H and O–H groups in total. The van der Waals surface area contributed by atoms with E-state index in [4.69, 9.17) is 5.73 Å². The number of rotatable bonds is 2. The summed E-state index contributed by atoms with van der Waals surface area (Å²) in [5, 5.41) is 0. The van der Waals surface area contributed by atoms with Crippen molar-refractivity contribution < 1.29 is 4.79 Å². The van der Waals surface area contributed by atoms with Gasteiger partial charge in [-0.05, 0) is 27.4 Å². The molecule has 1 aliphatic rings. The van der Waals surface area contributed by atoms with Crippen LogP contribution in [0.3, 0.4) is 0 Å². The molecular weight excluding hydrogens is 166 g/mol. The van der Waals surface area contributed by atoms with Crippen molar-refractivity contribution in [2.24, 2.45) is 5.73 Å². The van der Waals surface area contributed by atoms with E-state index in [0.29, 0.717) is 6.04 Å². The molecule has 0 spiro atoms. The molecule has 0 aromatic rings. The van der Waals surface area contributed by atoms with E-state index in [2.05, 4.69) is 4.90 Å². The summed E-state index contributed by atoms with van der Waals surface area (Å²) >= 11 is 0. The maximum Gasteiger partial charge on any atom is 0.239 e. The molecule has 0 unspecified atom stereocenters. The minimum Gasteiger partial charge on any atom is -0.340 e. The van der Waals surface area contributed by atoms with Crippen LogP contribution in [0.25, 0.3) is 0 Å². The fourth-order valence-corrected chi connectivity index (χ4v) is 1.65. The molecular formula is C9H19N3O. The Bertz CT molecular complexity index is 191. The molecule has 0 saturated carbocycles. The Kier molecular flexibility index (Phi) is 3.27. The number of amides is 1. The van der Waals surface area contributed by atoms with Crippen LogP contribution in [-0.4, -0.2) is 55.0 Å². The maximum absolute atomic E-state index is 11.5. The molecule has 0 aliphatic carbocycles. The van der Waals surface area contributed by atoms with Crippen LogP contribution in [0, 0.1) is 0 Å². The zero-order valence-electron chi connectivity index (χ0n) is 8.66. The van der Waals surface area contributed by atoms with Crippen LogP contribution in [0.1, 0.15) is 13.3 Å². The van der Waals surface area contributed by atoms with E-state index in [9.17, 15) is 4.79 Å². The van der Waals surface area contributed by atoms with Gasteiger partial charge in [-0.2, -0.15) is 0 Å². The molecule has 1 amide bonds. The first-order valence-electron chi connectivity index (χ1n) is 4.73. The normalized spacial score (nSPS) is 25.3. The van der Waals surface area contributed by atoms with Gasteiger partial charge in [-0.1, -0.05) is 0 Å². The summed E-state index contributed by atoms with van der Waals surface area (Å²) in [7, 11) is 4.09. The number of carbonyl (C=O) groups excluding carboxylic acids is 1. The molecule has 1 saturated heterocycles. The fraction of sp³-hybridized carbons (Fsp3) is 0.889. The first kappa shape index (κ1) is 10.5. The van der Waals surface area contributed by atoms with Crippen molar-refractivity contribution >= 4 is 5.91 Å². The average Bonchev–Trinajstić information content (AvgIpc) is 2.50. The third-order valence-corrected chi connectivity index (χ3v) is 2.59. The molecule has 1 fully saturated rings. The second-order valence-corrected chi connectivity index (χ2v) is 3.98. The molecule has 2 atom stereocenters. The van der Waals surface area contributed by atoms with Crippen LogP contribution < -0.4 is 5.73 Å². The first-order chi connectivity index (χ1) is 6.02. The Morgan fingerprint density at radius 3 is 2.62 bits per heavy atom. The molecule has 1 heterocycles. The van der Waals surface area contributed by atoms with Crippen molar-refractivity contribution in [2.75, 3.05) is 27.2 Å². The number of hydrogen-bond donors (Lipinski definition) is 1. The minimum absolute atomic E-state index is 0.0735. The van der Waals surface area contributed by atoms with E-state index >= 15 is 0 Å². The predicted molar refractivity (Wildman–Crippen MR) is 52.3 cm³/mol. The molecule has 1 aliphatic heterocycles. The first-order valence-corrected chi connectivity index (χ1v) is 4.73. The van der Waals surface area contributed by atoms with Crippen LogP contribution in [0.4, 0.5) is 0 Å². The van der Waals surface area contributed by atoms with Crippen molar-refractivity contribution in [3.05, 3.63) is 0 Å². The Hall–Kier alpha value is -0.610. The lowest BCUT2D eigenvalue weighted by Gasteiger charge is -2.21. The smallest absolute Gasteiger partial charge is 0.239 e. The van der Waals surface area contributed by atoms with Gasteiger partial charge in [0.2, 0.25) is 5.91 Å². The van der Waals surface area contributed by atoms with E-state index in [-0.39, 0.29) is 11.9 Å². The minimum atomic E-state index is -0.360. The number of hydrogen-bond acceptors (Lipinski definition) is 3. The lowest BCUT2D eigenvalue weighted by atomic mass is 10.2. The van der Waals surface area contributed by atoms with Crippen LogP contribution in [0.5, 0.6) is 0 Å². The fourth-order valence-electron chi connectivity index (χ4n) is 1.65. The summed E-state index contributed by atoms with van der Waals surface area (Å²) in [4.78, 5) is 15.5. The van der Waals surface area contributed by atoms with E-state index in [1.807, 2.05) is 19.0 Å². The molecule has 0 aromatic heterocycles. The largest absolute Gasteiger partial charge is 0.340 e. The Morgan fingerprint density at radius 1 is 1.62 bits per heavy atom. The standard InChI is InChI=1S/C9H19N3O/c1-7(10)9(13)12-5-4-8(6-12)11(2)3/h7-8H,4-6,10H2,1-3H3/t7-,8-/m0/s1. The second-order valence-electron chi connectivity index (χ2n) is 3.98. The van der Waals surface area contributed by atoms with Crippen LogP contribution >= 0.6 is 0 Å². The van der Waals surface area contributed by atoms with E-state index in [1.165, 1.54) is 0 Å². The van der Waals surface area contributed by atoms with E-state index < -0.39 is 0 Å². The summed E-state index contributed by atoms with van der Waals surface area (Å²) < 4.78 is 0. The van der Waals surface area contributed by atoms with Gasteiger partial charge >= 0.3 is 0 Å². The third-order valence-electron chi connectivity index (χ3n) is 2.59. The number of carbonyl (C=O) groups is 1. The topological polar surface area (TPSA) is 49.6 Å². The highest BCUT2D eigenvalue weighted by molar-refractivity contribution is 5.81. The summed E-state index contributed by atoms with van der Waals surface area (Å²) in [6, 6.07) is 0.142. The van der Waals surface area contributed by atoms with Crippen LogP contribution in [-0.2, 0) is 4.79 Å². The monoisotopic (exact) mass is 185 g/mol. The van der Waals surface area contributed by atoms with Crippen LogP contribution in [0.15, 0.2) is 0 Å². The number of likely N-dealkylation sites (tertiary alicyclic amines) is 1. The molecule has 0 radical (unpaired) electrons. The molecule has 1 rings (SSSR count). The van der Waals surface area contributed by atoms with E-state index in [1.54, 1.807) is 6.92 Å². The molecule has 4 heteroatoms. The highest BCUT2D eigenvalue weighted by atomic mass is 16.2. The second kappa shape index (κ2) is 4.07. The Balaban J connectivity index is 2.45. The van der Waals surface area contributed by atoms with Crippen molar-refractivity contribution in [2.45, 2.75) is 25.4 Å². The van der Waals surface area contributed by atoms with Crippen molar-refractivity contribution in [1.82, 2.24) is 9.80 Å². The van der Waals surface area contributed by atoms with Gasteiger partial charge in [0.15, 0.2) is 0 Å². The Labute approximate surface area is 79.7 Å². The predicted octanol–water partition coefficient (Wildman–Crippen LogP) is -0.504. The van der Waals surface area contributed by atoms with Gasteiger partial charge in [0, 0.05) is 19.1 Å². The molecule has 0 aromatic carbocycles. The summed E-state index contributed by atoms with van der Waals surface area (Å²) in [5.74, 6) is 0.0735. The average molecular weight is 185 g/mol. The zero-order chi connectivity index (χ0) is 10.0. The Morgan fingerprint density at radius 2 is 2.23 bits per heavy atom. The van der Waals surface area contributed by atoms with Crippen molar-refractivity contribution in [3.8, 4) is 0 Å². The lowest BCUT2D eigenvalue weighted by molar-refractivity contribution is -0.131. The number of nitrogens with two attached hydrogens (primary N) is 1. The highest BCUT2D eigenvalue weighted by Gasteiger charge is 2.28.